The number of esters is 1. The Morgan fingerprint density at radius 1 is 1.20 bits per heavy atom. The second-order valence-electron chi connectivity index (χ2n) is 5.98. The van der Waals surface area contributed by atoms with Crippen LogP contribution in [0.25, 0.3) is 5.00 Å². The summed E-state index contributed by atoms with van der Waals surface area (Å²) in [7, 11) is 0. The molecule has 0 aliphatic rings. The van der Waals surface area contributed by atoms with Gasteiger partial charge in [-0.3, -0.25) is 10.1 Å². The molecule has 0 radical (unpaired) electrons. The van der Waals surface area contributed by atoms with Gasteiger partial charge in [0.25, 0.3) is 5.91 Å². The fraction of sp³-hybridized carbons (Fsp3) is 0.353. The van der Waals surface area contributed by atoms with Gasteiger partial charge in [-0.15, -0.1) is 11.3 Å². The minimum Gasteiger partial charge on any atom is -0.448 e. The first-order chi connectivity index (χ1) is 11.7. The van der Waals surface area contributed by atoms with E-state index in [9.17, 15) is 14.4 Å². The van der Waals surface area contributed by atoms with E-state index in [4.69, 9.17) is 10.5 Å². The lowest BCUT2D eigenvalue weighted by Gasteiger charge is -2.20. The average molecular weight is 363 g/mol. The molecule has 3 N–H and O–H groups in total. The van der Waals surface area contributed by atoms with Crippen LogP contribution in [0.1, 0.15) is 34.6 Å². The third-order valence-electron chi connectivity index (χ3n) is 3.75. The minimum atomic E-state index is -1.11. The van der Waals surface area contributed by atoms with Crippen molar-refractivity contribution in [2.24, 2.45) is 11.7 Å². The Morgan fingerprint density at radius 3 is 2.32 bits per heavy atom. The molecule has 0 saturated carbocycles. The summed E-state index contributed by atoms with van der Waals surface area (Å²) in [6, 6.07) is 2.73. The van der Waals surface area contributed by atoms with Gasteiger partial charge in [0.05, 0.1) is 5.56 Å². The molecule has 2 rings (SSSR count). The Labute approximate surface area is 149 Å². The lowest BCUT2D eigenvalue weighted by Crippen LogP contribution is -2.45. The van der Waals surface area contributed by atoms with E-state index >= 15 is 0 Å². The van der Waals surface area contributed by atoms with Crippen molar-refractivity contribution >= 4 is 29.2 Å². The lowest BCUT2D eigenvalue weighted by molar-refractivity contribution is -0.130. The Balaban J connectivity index is 2.34. The molecule has 2 aromatic rings. The van der Waals surface area contributed by atoms with Gasteiger partial charge >= 0.3 is 12.0 Å². The second-order valence-corrected chi connectivity index (χ2v) is 7.18. The SMILES string of the molecule is Cc1sc(-n2cccc2)c(C(=O)O[C@H](C(=O)NC(N)=O)C(C)C)c1C. The number of aryl methyl sites for hydroxylation is 1. The van der Waals surface area contributed by atoms with Crippen LogP contribution in [0.5, 0.6) is 0 Å². The van der Waals surface area contributed by atoms with Gasteiger partial charge in [0.15, 0.2) is 6.10 Å². The van der Waals surface area contributed by atoms with Crippen LogP contribution in [-0.2, 0) is 9.53 Å². The van der Waals surface area contributed by atoms with Crippen LogP contribution in [0.3, 0.4) is 0 Å². The molecule has 0 unspecified atom stereocenters. The highest BCUT2D eigenvalue weighted by atomic mass is 32.1. The van der Waals surface area contributed by atoms with Crippen molar-refractivity contribution in [1.82, 2.24) is 9.88 Å². The number of ether oxygens (including phenoxy) is 1. The summed E-state index contributed by atoms with van der Waals surface area (Å²) in [5, 5.41) is 2.69. The average Bonchev–Trinajstić information content (AvgIpc) is 3.12. The van der Waals surface area contributed by atoms with Crippen molar-refractivity contribution in [2.45, 2.75) is 33.8 Å². The summed E-state index contributed by atoms with van der Waals surface area (Å²) >= 11 is 1.47. The number of amides is 3. The molecule has 0 saturated heterocycles. The molecule has 0 bridgehead atoms. The van der Waals surface area contributed by atoms with Gasteiger partial charge in [0.1, 0.15) is 5.00 Å². The number of hydrogen-bond donors (Lipinski definition) is 2. The quantitative estimate of drug-likeness (QED) is 0.797. The molecule has 2 aromatic heterocycles. The molecule has 3 amide bonds. The molecule has 0 aliphatic carbocycles. The maximum atomic E-state index is 12.8. The standard InChI is InChI=1S/C17H21N3O4S/c1-9(2)13(14(21)19-17(18)23)24-16(22)12-10(3)11(4)25-15(12)20-7-5-6-8-20/h5-9,13H,1-4H3,(H3,18,19,21,23)/t13-/m0/s1. The van der Waals surface area contributed by atoms with Crippen LogP contribution < -0.4 is 11.1 Å². The van der Waals surface area contributed by atoms with Crippen LogP contribution in [0.4, 0.5) is 4.79 Å². The number of urea groups is 1. The number of nitrogens with zero attached hydrogens (tertiary/aromatic N) is 1. The number of nitrogens with two attached hydrogens (primary N) is 1. The van der Waals surface area contributed by atoms with E-state index in [2.05, 4.69) is 0 Å². The zero-order valence-corrected chi connectivity index (χ0v) is 15.3. The number of rotatable bonds is 5. The summed E-state index contributed by atoms with van der Waals surface area (Å²) < 4.78 is 7.26. The molecule has 8 heteroatoms. The fourth-order valence-electron chi connectivity index (χ4n) is 2.36. The summed E-state index contributed by atoms with van der Waals surface area (Å²) in [5.41, 5.74) is 6.19. The molecular formula is C17H21N3O4S. The summed E-state index contributed by atoms with van der Waals surface area (Å²) in [6.07, 6.45) is 2.56. The van der Waals surface area contributed by atoms with Crippen molar-refractivity contribution < 1.29 is 19.1 Å². The van der Waals surface area contributed by atoms with Gasteiger partial charge in [0, 0.05) is 17.3 Å². The first-order valence-electron chi connectivity index (χ1n) is 7.77. The fourth-order valence-corrected chi connectivity index (χ4v) is 3.47. The van der Waals surface area contributed by atoms with Crippen molar-refractivity contribution in [1.29, 1.82) is 0 Å². The molecule has 7 nitrogen and oxygen atoms in total. The van der Waals surface area contributed by atoms with Crippen molar-refractivity contribution in [3.8, 4) is 5.00 Å². The molecule has 0 aromatic carbocycles. The Bertz CT molecular complexity index is 793. The molecule has 25 heavy (non-hydrogen) atoms. The number of thiophene rings is 1. The maximum absolute atomic E-state index is 12.8. The van der Waals surface area contributed by atoms with Crippen LogP contribution >= 0.6 is 11.3 Å². The molecule has 0 aliphatic heterocycles. The van der Waals surface area contributed by atoms with Gasteiger partial charge in [-0.2, -0.15) is 0 Å². The summed E-state index contributed by atoms with van der Waals surface area (Å²) in [5.74, 6) is -1.66. The number of imide groups is 1. The van der Waals surface area contributed by atoms with Gasteiger partial charge in [-0.05, 0) is 37.5 Å². The highest BCUT2D eigenvalue weighted by molar-refractivity contribution is 7.15. The van der Waals surface area contributed by atoms with Crippen molar-refractivity contribution in [3.63, 3.8) is 0 Å². The number of hydrogen-bond acceptors (Lipinski definition) is 5. The minimum absolute atomic E-state index is 0.321. The van der Waals surface area contributed by atoms with Crippen LogP contribution in [0.15, 0.2) is 24.5 Å². The summed E-state index contributed by atoms with van der Waals surface area (Å²) in [4.78, 5) is 36.7. The number of nitrogens with one attached hydrogen (secondary N) is 1. The van der Waals surface area contributed by atoms with E-state index in [-0.39, 0.29) is 5.92 Å². The van der Waals surface area contributed by atoms with E-state index in [1.807, 2.05) is 48.3 Å². The number of carbonyl (C=O) groups excluding carboxylic acids is 3. The zero-order chi connectivity index (χ0) is 18.7. The highest BCUT2D eigenvalue weighted by Gasteiger charge is 2.30. The predicted octanol–water partition coefficient (Wildman–Crippen LogP) is 2.53. The molecule has 134 valence electrons. The van der Waals surface area contributed by atoms with E-state index in [0.717, 1.165) is 15.4 Å². The van der Waals surface area contributed by atoms with Gasteiger partial charge in [-0.25, -0.2) is 9.59 Å². The molecular weight excluding hydrogens is 342 g/mol. The molecule has 0 fully saturated rings. The molecule has 1 atom stereocenters. The van der Waals surface area contributed by atoms with E-state index in [1.165, 1.54) is 11.3 Å². The van der Waals surface area contributed by atoms with Crippen LogP contribution in [-0.4, -0.2) is 28.6 Å². The number of aromatic nitrogens is 1. The third kappa shape index (κ3) is 4.08. The lowest BCUT2D eigenvalue weighted by atomic mass is 10.1. The van der Waals surface area contributed by atoms with Crippen molar-refractivity contribution in [3.05, 3.63) is 40.5 Å². The van der Waals surface area contributed by atoms with E-state index < -0.39 is 24.0 Å². The van der Waals surface area contributed by atoms with Gasteiger partial charge in [0.2, 0.25) is 0 Å². The van der Waals surface area contributed by atoms with E-state index in [0.29, 0.717) is 5.56 Å². The second kappa shape index (κ2) is 7.52. The molecule has 2 heterocycles. The normalized spacial score (nSPS) is 12.0. The largest absolute Gasteiger partial charge is 0.448 e. The monoisotopic (exact) mass is 363 g/mol. The number of carbonyl (C=O) groups is 3. The van der Waals surface area contributed by atoms with Crippen LogP contribution in [0.2, 0.25) is 0 Å². The van der Waals surface area contributed by atoms with Gasteiger partial charge in [-0.1, -0.05) is 13.8 Å². The maximum Gasteiger partial charge on any atom is 0.342 e. The predicted molar refractivity (Wildman–Crippen MR) is 94.9 cm³/mol. The van der Waals surface area contributed by atoms with Crippen molar-refractivity contribution in [2.75, 3.05) is 0 Å². The Morgan fingerprint density at radius 2 is 1.80 bits per heavy atom. The molecule has 0 spiro atoms. The first-order valence-corrected chi connectivity index (χ1v) is 8.58. The summed E-state index contributed by atoms with van der Waals surface area (Å²) in [6.45, 7) is 7.20. The van der Waals surface area contributed by atoms with E-state index in [1.54, 1.807) is 13.8 Å². The topological polar surface area (TPSA) is 103 Å². The Kier molecular flexibility index (Phi) is 5.63. The number of primary amides is 1. The smallest absolute Gasteiger partial charge is 0.342 e. The first kappa shape index (κ1) is 18.7. The highest BCUT2D eigenvalue weighted by Crippen LogP contribution is 2.32. The van der Waals surface area contributed by atoms with Crippen LogP contribution in [0, 0.1) is 19.8 Å². The zero-order valence-electron chi connectivity index (χ0n) is 14.5. The Hall–Kier alpha value is -2.61. The van der Waals surface area contributed by atoms with Gasteiger partial charge < -0.3 is 15.0 Å². The third-order valence-corrected chi connectivity index (χ3v) is 4.97.